The van der Waals surface area contributed by atoms with Gasteiger partial charge in [-0.1, -0.05) is 23.7 Å². The van der Waals surface area contributed by atoms with E-state index < -0.39 is 17.9 Å². The Kier molecular flexibility index (Phi) is 4.42. The lowest BCUT2D eigenvalue weighted by Gasteiger charge is -2.19. The number of hydrogen-bond acceptors (Lipinski definition) is 4. The first-order chi connectivity index (χ1) is 9.56. The van der Waals surface area contributed by atoms with Gasteiger partial charge in [-0.2, -0.15) is 0 Å². The number of benzene rings is 1. The second kappa shape index (κ2) is 6.25. The third-order valence-electron chi connectivity index (χ3n) is 2.69. The van der Waals surface area contributed by atoms with Gasteiger partial charge < -0.3 is 19.6 Å². The number of carboxylic acids is 1. The molecular weight excluding hydrogens is 282 g/mol. The topological polar surface area (TPSA) is 82.4 Å². The van der Waals surface area contributed by atoms with Crippen molar-refractivity contribution in [2.24, 2.45) is 0 Å². The van der Waals surface area contributed by atoms with Gasteiger partial charge in [0.05, 0.1) is 12.3 Å². The molecule has 5 nitrogen and oxygen atoms in total. The summed E-state index contributed by atoms with van der Waals surface area (Å²) < 4.78 is 4.96. The van der Waals surface area contributed by atoms with Crippen molar-refractivity contribution >= 4 is 23.5 Å². The first-order valence-corrected chi connectivity index (χ1v) is 6.24. The molecule has 0 aliphatic rings. The number of nitrogens with one attached hydrogen (secondary N) is 1. The van der Waals surface area contributed by atoms with Crippen LogP contribution in [0.3, 0.4) is 0 Å². The molecule has 1 atom stereocenters. The van der Waals surface area contributed by atoms with Crippen LogP contribution < -0.4 is 10.4 Å². The molecular formula is C14H11ClNO4-. The largest absolute Gasteiger partial charge is 0.550 e. The van der Waals surface area contributed by atoms with E-state index in [0.717, 1.165) is 0 Å². The summed E-state index contributed by atoms with van der Waals surface area (Å²) in [6.45, 7) is 0. The summed E-state index contributed by atoms with van der Waals surface area (Å²) in [5, 5.41) is 13.9. The zero-order chi connectivity index (χ0) is 14.5. The molecule has 2 rings (SSSR count). The van der Waals surface area contributed by atoms with Gasteiger partial charge in [0.15, 0.2) is 5.76 Å². The van der Waals surface area contributed by atoms with Crippen LogP contribution in [-0.4, -0.2) is 11.9 Å². The number of carbonyl (C=O) groups excluding carboxylic acids is 2. The average molecular weight is 293 g/mol. The minimum absolute atomic E-state index is 0.113. The first-order valence-electron chi connectivity index (χ1n) is 5.86. The summed E-state index contributed by atoms with van der Waals surface area (Å²) in [5.74, 6) is -1.64. The molecule has 0 spiro atoms. The van der Waals surface area contributed by atoms with Gasteiger partial charge in [-0.3, -0.25) is 4.79 Å². The van der Waals surface area contributed by atoms with Gasteiger partial charge >= 0.3 is 0 Å². The van der Waals surface area contributed by atoms with Crippen LogP contribution in [0.2, 0.25) is 5.02 Å². The number of aliphatic carboxylic acids is 1. The van der Waals surface area contributed by atoms with E-state index in [2.05, 4.69) is 5.32 Å². The van der Waals surface area contributed by atoms with Gasteiger partial charge in [-0.05, 0) is 29.8 Å². The minimum Gasteiger partial charge on any atom is -0.550 e. The van der Waals surface area contributed by atoms with Crippen LogP contribution in [0, 0.1) is 0 Å². The molecule has 2 aromatic rings. The minimum atomic E-state index is -1.26. The maximum atomic E-state index is 11.9. The summed E-state index contributed by atoms with van der Waals surface area (Å²) >= 11 is 5.78. The molecule has 0 bridgehead atoms. The van der Waals surface area contributed by atoms with E-state index in [0.29, 0.717) is 10.6 Å². The van der Waals surface area contributed by atoms with Gasteiger partial charge in [0.2, 0.25) is 0 Å². The third kappa shape index (κ3) is 3.61. The number of amides is 1. The highest BCUT2D eigenvalue weighted by molar-refractivity contribution is 6.30. The van der Waals surface area contributed by atoms with Crippen LogP contribution in [0.15, 0.2) is 47.1 Å². The molecule has 0 radical (unpaired) electrons. The summed E-state index contributed by atoms with van der Waals surface area (Å²) in [6, 6.07) is 8.90. The Hall–Kier alpha value is -2.27. The van der Waals surface area contributed by atoms with E-state index >= 15 is 0 Å². The molecule has 0 fully saturated rings. The highest BCUT2D eigenvalue weighted by Gasteiger charge is 2.17. The highest BCUT2D eigenvalue weighted by Crippen LogP contribution is 2.20. The van der Waals surface area contributed by atoms with Crippen LogP contribution >= 0.6 is 11.6 Å². The molecule has 0 saturated heterocycles. The fraction of sp³-hybridized carbons (Fsp3) is 0.143. The second-order valence-electron chi connectivity index (χ2n) is 4.13. The van der Waals surface area contributed by atoms with E-state index in [-0.39, 0.29) is 12.2 Å². The number of carboxylic acid groups (broad SMARTS) is 1. The average Bonchev–Trinajstić information content (AvgIpc) is 2.92. The number of furan rings is 1. The third-order valence-corrected chi connectivity index (χ3v) is 2.95. The van der Waals surface area contributed by atoms with E-state index in [1.54, 1.807) is 30.3 Å². The zero-order valence-electron chi connectivity index (χ0n) is 10.3. The smallest absolute Gasteiger partial charge is 0.287 e. The predicted octanol–water partition coefficient (Wildman–Crippen LogP) is 1.54. The maximum Gasteiger partial charge on any atom is 0.287 e. The summed E-state index contributed by atoms with van der Waals surface area (Å²) in [7, 11) is 0. The normalized spacial score (nSPS) is 11.8. The number of hydrogen-bond donors (Lipinski definition) is 1. The van der Waals surface area contributed by atoms with Gasteiger partial charge in [0, 0.05) is 17.4 Å². The number of halogens is 1. The molecule has 1 amide bonds. The fourth-order valence-electron chi connectivity index (χ4n) is 1.75. The van der Waals surface area contributed by atoms with Crippen LogP contribution in [0.4, 0.5) is 0 Å². The molecule has 0 aliphatic heterocycles. The molecule has 20 heavy (non-hydrogen) atoms. The molecule has 0 saturated carbocycles. The molecule has 1 N–H and O–H groups in total. The second-order valence-corrected chi connectivity index (χ2v) is 4.57. The molecule has 1 unspecified atom stereocenters. The quantitative estimate of drug-likeness (QED) is 0.906. The van der Waals surface area contributed by atoms with E-state index in [1.807, 2.05) is 0 Å². The zero-order valence-corrected chi connectivity index (χ0v) is 11.1. The number of rotatable bonds is 5. The standard InChI is InChI=1S/C14H12ClNO4/c15-10-5-3-9(4-6-10)11(8-13(17)18)16-14(19)12-2-1-7-20-12/h1-7,11H,8H2,(H,16,19)(H,17,18)/p-1. The van der Waals surface area contributed by atoms with Gasteiger partial charge in [-0.25, -0.2) is 0 Å². The van der Waals surface area contributed by atoms with Crippen LogP contribution in [0.5, 0.6) is 0 Å². The summed E-state index contributed by atoms with van der Waals surface area (Å²) in [4.78, 5) is 22.7. The highest BCUT2D eigenvalue weighted by atomic mass is 35.5. The Morgan fingerprint density at radius 2 is 1.95 bits per heavy atom. The van der Waals surface area contributed by atoms with Crippen molar-refractivity contribution in [1.29, 1.82) is 0 Å². The molecule has 1 aromatic carbocycles. The molecule has 0 aliphatic carbocycles. The lowest BCUT2D eigenvalue weighted by atomic mass is 10.0. The molecule has 1 aromatic heterocycles. The predicted molar refractivity (Wildman–Crippen MR) is 70.0 cm³/mol. The van der Waals surface area contributed by atoms with Crippen molar-refractivity contribution in [3.05, 3.63) is 59.0 Å². The van der Waals surface area contributed by atoms with Gasteiger partial charge in [0.1, 0.15) is 0 Å². The van der Waals surface area contributed by atoms with E-state index in [1.165, 1.54) is 12.3 Å². The SMILES string of the molecule is O=C([O-])CC(NC(=O)c1ccco1)c1ccc(Cl)cc1. The van der Waals surface area contributed by atoms with Gasteiger partial charge in [-0.15, -0.1) is 0 Å². The van der Waals surface area contributed by atoms with Crippen molar-refractivity contribution in [1.82, 2.24) is 5.32 Å². The van der Waals surface area contributed by atoms with E-state index in [4.69, 9.17) is 16.0 Å². The fourth-order valence-corrected chi connectivity index (χ4v) is 1.88. The van der Waals surface area contributed by atoms with Crippen molar-refractivity contribution in [3.8, 4) is 0 Å². The maximum absolute atomic E-state index is 11.9. The van der Waals surface area contributed by atoms with Crippen molar-refractivity contribution in [2.45, 2.75) is 12.5 Å². The van der Waals surface area contributed by atoms with Crippen LogP contribution in [0.25, 0.3) is 0 Å². The van der Waals surface area contributed by atoms with Crippen molar-refractivity contribution < 1.29 is 19.1 Å². The molecule has 104 valence electrons. The van der Waals surface area contributed by atoms with Crippen molar-refractivity contribution in [2.75, 3.05) is 0 Å². The van der Waals surface area contributed by atoms with Crippen molar-refractivity contribution in [3.63, 3.8) is 0 Å². The van der Waals surface area contributed by atoms with Crippen LogP contribution in [0.1, 0.15) is 28.6 Å². The number of carbonyl (C=O) groups is 2. The lowest BCUT2D eigenvalue weighted by molar-refractivity contribution is -0.306. The van der Waals surface area contributed by atoms with E-state index in [9.17, 15) is 14.7 Å². The Morgan fingerprint density at radius 1 is 1.25 bits per heavy atom. The van der Waals surface area contributed by atoms with Gasteiger partial charge in [0.25, 0.3) is 5.91 Å². The monoisotopic (exact) mass is 292 g/mol. The Bertz CT molecular complexity index is 592. The summed E-state index contributed by atoms with van der Waals surface area (Å²) in [6.07, 6.45) is 1.03. The molecule has 6 heteroatoms. The summed E-state index contributed by atoms with van der Waals surface area (Å²) in [5.41, 5.74) is 0.624. The van der Waals surface area contributed by atoms with Crippen LogP contribution in [-0.2, 0) is 4.79 Å². The molecule has 1 heterocycles. The first kappa shape index (κ1) is 14.1. The Labute approximate surface area is 120 Å². The lowest BCUT2D eigenvalue weighted by Crippen LogP contribution is -2.34. The Morgan fingerprint density at radius 3 is 2.50 bits per heavy atom. The Balaban J connectivity index is 2.17.